The van der Waals surface area contributed by atoms with Crippen LogP contribution < -0.4 is 0 Å². The second-order valence-corrected chi connectivity index (χ2v) is 21.8. The molecule has 1 rings (SSSR count). The Kier molecular flexibility index (Phi) is 12.9. The van der Waals surface area contributed by atoms with Gasteiger partial charge in [0, 0.05) is 0 Å². The Morgan fingerprint density at radius 3 is 1.91 bits per heavy atom. The summed E-state index contributed by atoms with van der Waals surface area (Å²) >= 11 is -3.20. The SMILES string of the molecule is CCC[CH2][Sn]([CH2]CCC)([CH2]CCC)[C](=CCCCC(=O)O)c1cc(F)cc(C(F)(F)F)c1. The topological polar surface area (TPSA) is 37.3 Å². The summed E-state index contributed by atoms with van der Waals surface area (Å²) in [4.78, 5) is 11.0. The molecule has 0 unspecified atom stereocenters. The van der Waals surface area contributed by atoms with Crippen molar-refractivity contribution in [3.8, 4) is 0 Å². The van der Waals surface area contributed by atoms with Crippen LogP contribution in [0.1, 0.15) is 89.7 Å². The summed E-state index contributed by atoms with van der Waals surface area (Å²) in [5.41, 5.74) is -0.586. The average Bonchev–Trinajstić information content (AvgIpc) is 2.72. The number of hydrogen-bond acceptors (Lipinski definition) is 1. The molecule has 1 N–H and O–H groups in total. The number of alkyl halides is 3. The van der Waals surface area contributed by atoms with Crippen LogP contribution in [0.4, 0.5) is 17.6 Å². The van der Waals surface area contributed by atoms with Gasteiger partial charge >= 0.3 is 195 Å². The molecule has 0 aliphatic rings. The molecule has 182 valence electrons. The second-order valence-electron chi connectivity index (χ2n) is 8.72. The third-order valence-corrected chi connectivity index (χ3v) is 22.0. The molecule has 0 amide bonds. The number of benzene rings is 1. The first-order valence-corrected chi connectivity index (χ1v) is 19.4. The standard InChI is InChI=1S/C13H11F4O2.3C4H9.Sn/c14-11-7-9(4-2-1-3-5-12(18)19)6-10(8-11)13(15,16)17;3*1-3-4-2;/h2,6-8H,1,3,5H2,(H,18,19);3*1,3-4H2,2H3;. The number of unbranched alkanes of at least 4 members (excludes halogenated alkanes) is 4. The van der Waals surface area contributed by atoms with Gasteiger partial charge in [-0.05, 0) is 0 Å². The molecule has 0 saturated heterocycles. The van der Waals surface area contributed by atoms with Gasteiger partial charge in [-0.25, -0.2) is 0 Å². The zero-order valence-corrected chi connectivity index (χ0v) is 22.5. The van der Waals surface area contributed by atoms with Crippen molar-refractivity contribution in [1.82, 2.24) is 0 Å². The van der Waals surface area contributed by atoms with Crippen LogP contribution in [0.25, 0.3) is 3.59 Å². The Labute approximate surface area is 194 Å². The first-order valence-electron chi connectivity index (χ1n) is 11.9. The van der Waals surface area contributed by atoms with E-state index < -0.39 is 41.9 Å². The van der Waals surface area contributed by atoms with Gasteiger partial charge in [-0.1, -0.05) is 0 Å². The summed E-state index contributed by atoms with van der Waals surface area (Å²) in [7, 11) is 0. The first-order chi connectivity index (χ1) is 15.1. The number of rotatable bonds is 15. The van der Waals surface area contributed by atoms with Crippen molar-refractivity contribution in [3.63, 3.8) is 0 Å². The van der Waals surface area contributed by atoms with E-state index in [-0.39, 0.29) is 6.42 Å². The molecular formula is C25H38F4O2Sn. The Bertz CT molecular complexity index is 722. The van der Waals surface area contributed by atoms with Gasteiger partial charge in [0.2, 0.25) is 0 Å². The fraction of sp³-hybridized carbons (Fsp3) is 0.640. The summed E-state index contributed by atoms with van der Waals surface area (Å²) in [5.74, 6) is -1.75. The van der Waals surface area contributed by atoms with Crippen molar-refractivity contribution < 1.29 is 27.5 Å². The summed E-state index contributed by atoms with van der Waals surface area (Å²) < 4.78 is 58.9. The third kappa shape index (κ3) is 9.44. The average molecular weight is 565 g/mol. The van der Waals surface area contributed by atoms with Gasteiger partial charge in [0.1, 0.15) is 0 Å². The Balaban J connectivity index is 3.62. The molecule has 32 heavy (non-hydrogen) atoms. The van der Waals surface area contributed by atoms with Gasteiger partial charge in [-0.2, -0.15) is 0 Å². The minimum atomic E-state index is -4.61. The summed E-state index contributed by atoms with van der Waals surface area (Å²) in [5, 5.41) is 8.98. The predicted molar refractivity (Wildman–Crippen MR) is 126 cm³/mol. The van der Waals surface area contributed by atoms with Gasteiger partial charge in [0.15, 0.2) is 0 Å². The van der Waals surface area contributed by atoms with E-state index in [0.717, 1.165) is 61.5 Å². The van der Waals surface area contributed by atoms with Crippen LogP contribution in [0.3, 0.4) is 0 Å². The van der Waals surface area contributed by atoms with E-state index in [4.69, 9.17) is 5.11 Å². The quantitative estimate of drug-likeness (QED) is 0.131. The number of allylic oxidation sites excluding steroid dienone is 1. The molecule has 0 aliphatic heterocycles. The van der Waals surface area contributed by atoms with E-state index in [1.165, 1.54) is 6.07 Å². The number of halogens is 4. The molecule has 0 radical (unpaired) electrons. The minimum absolute atomic E-state index is 0.0160. The Hall–Kier alpha value is -1.05. The Morgan fingerprint density at radius 1 is 0.938 bits per heavy atom. The molecule has 0 atom stereocenters. The van der Waals surface area contributed by atoms with Gasteiger partial charge in [-0.15, -0.1) is 0 Å². The molecular weight excluding hydrogens is 527 g/mol. The number of carboxylic acids is 1. The first kappa shape index (κ1) is 29.0. The summed E-state index contributed by atoms with van der Waals surface area (Å²) in [6.07, 6.45) is 4.42. The van der Waals surface area contributed by atoms with E-state index in [9.17, 15) is 22.4 Å². The maximum atomic E-state index is 14.4. The predicted octanol–water partition coefficient (Wildman–Crippen LogP) is 8.87. The van der Waals surface area contributed by atoms with Crippen molar-refractivity contribution in [2.45, 2.75) is 98.0 Å². The number of carbonyl (C=O) groups is 1. The molecule has 0 saturated carbocycles. The zero-order chi connectivity index (χ0) is 24.2. The van der Waals surface area contributed by atoms with Crippen LogP contribution in [-0.4, -0.2) is 29.5 Å². The van der Waals surface area contributed by atoms with E-state index >= 15 is 0 Å². The van der Waals surface area contributed by atoms with Crippen LogP contribution in [0.2, 0.25) is 13.3 Å². The molecule has 1 aromatic carbocycles. The van der Waals surface area contributed by atoms with Crippen LogP contribution in [0.15, 0.2) is 24.3 Å². The van der Waals surface area contributed by atoms with Gasteiger partial charge in [-0.3, -0.25) is 0 Å². The van der Waals surface area contributed by atoms with E-state index in [2.05, 4.69) is 20.8 Å². The molecule has 7 heteroatoms. The fourth-order valence-corrected chi connectivity index (χ4v) is 21.4. The van der Waals surface area contributed by atoms with E-state index in [1.807, 2.05) is 6.08 Å². The van der Waals surface area contributed by atoms with Crippen molar-refractivity contribution >= 4 is 27.9 Å². The fourth-order valence-electron chi connectivity index (χ4n) is 4.37. The monoisotopic (exact) mass is 566 g/mol. The molecule has 0 bridgehead atoms. The maximum absolute atomic E-state index is 14.4. The zero-order valence-electron chi connectivity index (χ0n) is 19.7. The molecule has 0 fully saturated rings. The molecule has 0 heterocycles. The van der Waals surface area contributed by atoms with Crippen LogP contribution in [0, 0.1) is 5.82 Å². The molecule has 2 nitrogen and oxygen atoms in total. The van der Waals surface area contributed by atoms with E-state index in [1.54, 1.807) is 0 Å². The van der Waals surface area contributed by atoms with Crippen LogP contribution in [0.5, 0.6) is 0 Å². The summed E-state index contributed by atoms with van der Waals surface area (Å²) in [6, 6.07) is 2.93. The number of carboxylic acid groups (broad SMARTS) is 1. The van der Waals surface area contributed by atoms with Gasteiger partial charge in [0.05, 0.1) is 0 Å². The summed E-state index contributed by atoms with van der Waals surface area (Å²) in [6.45, 7) is 6.36. The normalized spacial score (nSPS) is 12.9. The van der Waals surface area contributed by atoms with Gasteiger partial charge in [0.25, 0.3) is 0 Å². The van der Waals surface area contributed by atoms with Crippen molar-refractivity contribution in [2.24, 2.45) is 0 Å². The van der Waals surface area contributed by atoms with Gasteiger partial charge < -0.3 is 0 Å². The Morgan fingerprint density at radius 2 is 1.47 bits per heavy atom. The molecule has 0 aromatic heterocycles. The molecule has 0 spiro atoms. The number of hydrogen-bond donors (Lipinski definition) is 1. The van der Waals surface area contributed by atoms with Crippen molar-refractivity contribution in [2.75, 3.05) is 0 Å². The van der Waals surface area contributed by atoms with Crippen molar-refractivity contribution in [1.29, 1.82) is 0 Å². The third-order valence-electron chi connectivity index (χ3n) is 6.08. The van der Waals surface area contributed by atoms with Crippen LogP contribution in [-0.2, 0) is 11.0 Å². The van der Waals surface area contributed by atoms with E-state index in [0.29, 0.717) is 24.5 Å². The van der Waals surface area contributed by atoms with Crippen molar-refractivity contribution in [3.05, 3.63) is 41.2 Å². The molecule has 1 aromatic rings. The van der Waals surface area contributed by atoms with Crippen LogP contribution >= 0.6 is 0 Å². The second kappa shape index (κ2) is 14.3. The number of aliphatic carboxylic acids is 1. The molecule has 0 aliphatic carbocycles.